The van der Waals surface area contributed by atoms with Crippen LogP contribution < -0.4 is 5.32 Å². The van der Waals surface area contributed by atoms with Gasteiger partial charge < -0.3 is 5.32 Å². The van der Waals surface area contributed by atoms with Gasteiger partial charge in [0.1, 0.15) is 0 Å². The van der Waals surface area contributed by atoms with Crippen LogP contribution in [0.1, 0.15) is 49.2 Å². The quantitative estimate of drug-likeness (QED) is 0.850. The number of nitrogens with one attached hydrogen (secondary N) is 1. The van der Waals surface area contributed by atoms with E-state index >= 15 is 0 Å². The first kappa shape index (κ1) is 11.6. The third kappa shape index (κ3) is 2.01. The van der Waals surface area contributed by atoms with E-state index in [0.717, 1.165) is 6.54 Å². The van der Waals surface area contributed by atoms with Gasteiger partial charge >= 0.3 is 0 Å². The van der Waals surface area contributed by atoms with Crippen LogP contribution in [-0.4, -0.2) is 22.4 Å². The highest BCUT2D eigenvalue weighted by molar-refractivity contribution is 5.22. The molecule has 16 heavy (non-hydrogen) atoms. The summed E-state index contributed by atoms with van der Waals surface area (Å²) in [6.45, 7) is 9.73. The molecule has 0 bridgehead atoms. The Morgan fingerprint density at radius 2 is 2.06 bits per heavy atom. The van der Waals surface area contributed by atoms with Crippen LogP contribution in [0.5, 0.6) is 0 Å². The van der Waals surface area contributed by atoms with Crippen molar-refractivity contribution in [1.29, 1.82) is 0 Å². The Morgan fingerprint density at radius 1 is 1.31 bits per heavy atom. The maximum atomic E-state index is 4.68. The van der Waals surface area contributed by atoms with Gasteiger partial charge in [0.25, 0.3) is 0 Å². The first-order chi connectivity index (χ1) is 7.63. The zero-order valence-electron chi connectivity index (χ0n) is 10.9. The summed E-state index contributed by atoms with van der Waals surface area (Å²) in [4.78, 5) is 0. The lowest BCUT2D eigenvalue weighted by Gasteiger charge is -2.14. The van der Waals surface area contributed by atoms with Crippen molar-refractivity contribution in [2.45, 2.75) is 59.0 Å². The van der Waals surface area contributed by atoms with Crippen LogP contribution in [0, 0.1) is 20.8 Å². The number of aromatic nitrogens is 2. The molecule has 1 fully saturated rings. The summed E-state index contributed by atoms with van der Waals surface area (Å²) in [5, 5.41) is 8.22. The van der Waals surface area contributed by atoms with E-state index in [1.807, 2.05) is 0 Å². The van der Waals surface area contributed by atoms with Crippen LogP contribution in [0.2, 0.25) is 0 Å². The van der Waals surface area contributed by atoms with Gasteiger partial charge in [0.15, 0.2) is 0 Å². The SMILES string of the molecule is CCNC1CCC(n2nc(C)c(C)c2C)C1. The van der Waals surface area contributed by atoms with Crippen molar-refractivity contribution in [2.24, 2.45) is 0 Å². The second kappa shape index (κ2) is 4.58. The second-order valence-electron chi connectivity index (χ2n) is 4.96. The molecule has 0 spiro atoms. The number of hydrogen-bond donors (Lipinski definition) is 1. The summed E-state index contributed by atoms with van der Waals surface area (Å²) in [6, 6.07) is 1.30. The first-order valence-corrected chi connectivity index (χ1v) is 6.39. The fraction of sp³-hybridized carbons (Fsp3) is 0.769. The van der Waals surface area contributed by atoms with Gasteiger partial charge in [0, 0.05) is 11.7 Å². The monoisotopic (exact) mass is 221 g/mol. The van der Waals surface area contributed by atoms with Crippen LogP contribution in [0.4, 0.5) is 0 Å². The Labute approximate surface area is 98.2 Å². The van der Waals surface area contributed by atoms with E-state index < -0.39 is 0 Å². The van der Waals surface area contributed by atoms with E-state index in [1.165, 1.54) is 36.2 Å². The van der Waals surface area contributed by atoms with E-state index in [9.17, 15) is 0 Å². The average molecular weight is 221 g/mol. The standard InChI is InChI=1S/C13H23N3/c1-5-14-12-6-7-13(8-12)16-11(4)9(2)10(3)15-16/h12-14H,5-8H2,1-4H3. The van der Waals surface area contributed by atoms with E-state index in [2.05, 4.69) is 42.8 Å². The molecule has 0 saturated heterocycles. The summed E-state index contributed by atoms with van der Waals surface area (Å²) in [5.41, 5.74) is 3.89. The molecule has 1 saturated carbocycles. The molecule has 2 rings (SSSR count). The third-order valence-corrected chi connectivity index (χ3v) is 3.93. The lowest BCUT2D eigenvalue weighted by Crippen LogP contribution is -2.26. The molecule has 1 aromatic heterocycles. The highest BCUT2D eigenvalue weighted by atomic mass is 15.3. The Kier molecular flexibility index (Phi) is 3.33. The molecule has 0 radical (unpaired) electrons. The van der Waals surface area contributed by atoms with Crippen molar-refractivity contribution < 1.29 is 0 Å². The van der Waals surface area contributed by atoms with Crippen LogP contribution >= 0.6 is 0 Å². The summed E-state index contributed by atoms with van der Waals surface area (Å²) in [6.07, 6.45) is 3.78. The van der Waals surface area contributed by atoms with Gasteiger partial charge in [-0.05, 0) is 52.1 Å². The number of rotatable bonds is 3. The molecule has 0 aliphatic heterocycles. The molecule has 90 valence electrons. The molecule has 0 amide bonds. The lowest BCUT2D eigenvalue weighted by atomic mass is 10.2. The first-order valence-electron chi connectivity index (χ1n) is 6.39. The normalized spacial score (nSPS) is 25.2. The van der Waals surface area contributed by atoms with Crippen molar-refractivity contribution in [2.75, 3.05) is 6.54 Å². The largest absolute Gasteiger partial charge is 0.314 e. The van der Waals surface area contributed by atoms with Gasteiger partial charge in [-0.15, -0.1) is 0 Å². The van der Waals surface area contributed by atoms with Crippen molar-refractivity contribution in [3.05, 3.63) is 17.0 Å². The molecule has 1 aliphatic rings. The average Bonchev–Trinajstić information content (AvgIpc) is 2.80. The van der Waals surface area contributed by atoms with Gasteiger partial charge in [-0.3, -0.25) is 4.68 Å². The van der Waals surface area contributed by atoms with E-state index in [1.54, 1.807) is 0 Å². The predicted octanol–water partition coefficient (Wildman–Crippen LogP) is 2.51. The Balaban J connectivity index is 2.11. The van der Waals surface area contributed by atoms with Crippen molar-refractivity contribution in [3.63, 3.8) is 0 Å². The molecule has 3 nitrogen and oxygen atoms in total. The number of hydrogen-bond acceptors (Lipinski definition) is 2. The van der Waals surface area contributed by atoms with Gasteiger partial charge in [0.05, 0.1) is 11.7 Å². The molecule has 3 heteroatoms. The highest BCUT2D eigenvalue weighted by Gasteiger charge is 2.27. The molecule has 1 heterocycles. The molecule has 1 aromatic rings. The molecule has 1 N–H and O–H groups in total. The predicted molar refractivity (Wildman–Crippen MR) is 66.8 cm³/mol. The van der Waals surface area contributed by atoms with Crippen LogP contribution in [0.3, 0.4) is 0 Å². The number of nitrogens with zero attached hydrogens (tertiary/aromatic N) is 2. The Morgan fingerprint density at radius 3 is 2.62 bits per heavy atom. The minimum absolute atomic E-state index is 0.608. The fourth-order valence-electron chi connectivity index (χ4n) is 2.75. The zero-order chi connectivity index (χ0) is 11.7. The molecule has 2 atom stereocenters. The summed E-state index contributed by atoms with van der Waals surface area (Å²) in [7, 11) is 0. The van der Waals surface area contributed by atoms with Gasteiger partial charge in [-0.1, -0.05) is 6.92 Å². The van der Waals surface area contributed by atoms with Gasteiger partial charge in [-0.2, -0.15) is 5.10 Å². The fourth-order valence-corrected chi connectivity index (χ4v) is 2.75. The van der Waals surface area contributed by atoms with E-state index in [-0.39, 0.29) is 0 Å². The zero-order valence-corrected chi connectivity index (χ0v) is 10.9. The molecule has 1 aliphatic carbocycles. The summed E-state index contributed by atoms with van der Waals surface area (Å²) in [5.74, 6) is 0. The lowest BCUT2D eigenvalue weighted by molar-refractivity contribution is 0.435. The molecular formula is C13H23N3. The van der Waals surface area contributed by atoms with E-state index in [0.29, 0.717) is 12.1 Å². The van der Waals surface area contributed by atoms with Crippen LogP contribution in [-0.2, 0) is 0 Å². The second-order valence-corrected chi connectivity index (χ2v) is 4.96. The maximum absolute atomic E-state index is 4.68. The molecular weight excluding hydrogens is 198 g/mol. The maximum Gasteiger partial charge on any atom is 0.0625 e. The van der Waals surface area contributed by atoms with Gasteiger partial charge in [-0.25, -0.2) is 0 Å². The minimum Gasteiger partial charge on any atom is -0.314 e. The minimum atomic E-state index is 0.608. The third-order valence-electron chi connectivity index (χ3n) is 3.93. The Hall–Kier alpha value is -0.830. The van der Waals surface area contributed by atoms with Crippen LogP contribution in [0.15, 0.2) is 0 Å². The summed E-state index contributed by atoms with van der Waals surface area (Å²) >= 11 is 0. The number of aryl methyl sites for hydroxylation is 1. The topological polar surface area (TPSA) is 29.9 Å². The highest BCUT2D eigenvalue weighted by Crippen LogP contribution is 2.31. The van der Waals surface area contributed by atoms with Crippen molar-refractivity contribution in [3.8, 4) is 0 Å². The Bertz CT molecular complexity index is 367. The smallest absolute Gasteiger partial charge is 0.0625 e. The van der Waals surface area contributed by atoms with Crippen molar-refractivity contribution >= 4 is 0 Å². The van der Waals surface area contributed by atoms with Gasteiger partial charge in [0.2, 0.25) is 0 Å². The molecule has 0 aromatic carbocycles. The van der Waals surface area contributed by atoms with Crippen molar-refractivity contribution in [1.82, 2.24) is 15.1 Å². The van der Waals surface area contributed by atoms with Crippen LogP contribution in [0.25, 0.3) is 0 Å². The summed E-state index contributed by atoms with van der Waals surface area (Å²) < 4.78 is 2.25. The van der Waals surface area contributed by atoms with E-state index in [4.69, 9.17) is 0 Å². The molecule has 2 unspecified atom stereocenters.